The Morgan fingerprint density at radius 2 is 2.00 bits per heavy atom. The first kappa shape index (κ1) is 12.2. The molecule has 2 rings (SSSR count). The molecule has 5 nitrogen and oxygen atoms in total. The van der Waals surface area contributed by atoms with Gasteiger partial charge in [0.25, 0.3) is 0 Å². The smallest absolute Gasteiger partial charge is 0.349 e. The van der Waals surface area contributed by atoms with Crippen LogP contribution in [0.15, 0.2) is 39.2 Å². The number of rotatable bonds is 0. The first-order valence-corrected chi connectivity index (χ1v) is 5.62. The van der Waals surface area contributed by atoms with Crippen molar-refractivity contribution < 1.29 is 9.53 Å². The van der Waals surface area contributed by atoms with E-state index in [1.807, 2.05) is 24.3 Å². The van der Waals surface area contributed by atoms with Crippen LogP contribution in [0.25, 0.3) is 0 Å². The quantitative estimate of drug-likeness (QED) is 0.644. The van der Waals surface area contributed by atoms with Gasteiger partial charge < -0.3 is 4.74 Å². The SMILES string of the molecule is O=C1C=NCc2ccccc2C=NC=NCCO1. The number of cyclic esters (lactones) is 1. The zero-order chi connectivity index (χ0) is 12.6. The summed E-state index contributed by atoms with van der Waals surface area (Å²) in [6.45, 7) is 1.07. The molecule has 1 heterocycles. The van der Waals surface area contributed by atoms with Gasteiger partial charge in [-0.25, -0.2) is 9.79 Å². The topological polar surface area (TPSA) is 63.4 Å². The minimum absolute atomic E-state index is 0.240. The fourth-order valence-electron chi connectivity index (χ4n) is 1.48. The van der Waals surface area contributed by atoms with Crippen molar-refractivity contribution in [3.8, 4) is 0 Å². The Morgan fingerprint density at radius 3 is 2.94 bits per heavy atom. The summed E-state index contributed by atoms with van der Waals surface area (Å²) in [5, 5.41) is 0. The summed E-state index contributed by atoms with van der Waals surface area (Å²) < 4.78 is 4.89. The summed E-state index contributed by atoms with van der Waals surface area (Å²) in [4.78, 5) is 23.4. The molecule has 18 heavy (non-hydrogen) atoms. The second kappa shape index (κ2) is 6.44. The van der Waals surface area contributed by atoms with Crippen molar-refractivity contribution in [2.75, 3.05) is 13.2 Å². The lowest BCUT2D eigenvalue weighted by Gasteiger charge is -2.01. The van der Waals surface area contributed by atoms with Gasteiger partial charge in [-0.15, -0.1) is 0 Å². The lowest BCUT2D eigenvalue weighted by atomic mass is 10.1. The van der Waals surface area contributed by atoms with Crippen molar-refractivity contribution in [1.82, 2.24) is 0 Å². The number of hydrogen-bond donors (Lipinski definition) is 0. The van der Waals surface area contributed by atoms with Crippen LogP contribution in [0.3, 0.4) is 0 Å². The van der Waals surface area contributed by atoms with Crippen molar-refractivity contribution >= 4 is 24.7 Å². The van der Waals surface area contributed by atoms with E-state index in [2.05, 4.69) is 15.0 Å². The van der Waals surface area contributed by atoms with Crippen LogP contribution in [0.2, 0.25) is 0 Å². The van der Waals surface area contributed by atoms with Gasteiger partial charge in [-0.05, 0) is 11.1 Å². The van der Waals surface area contributed by atoms with E-state index in [0.29, 0.717) is 13.1 Å². The molecule has 1 aromatic rings. The molecule has 1 aliphatic rings. The molecule has 1 aliphatic heterocycles. The second-order valence-electron chi connectivity index (χ2n) is 3.64. The van der Waals surface area contributed by atoms with E-state index >= 15 is 0 Å². The number of hydrogen-bond acceptors (Lipinski definition) is 5. The largest absolute Gasteiger partial charge is 0.459 e. The maximum atomic E-state index is 11.2. The average Bonchev–Trinajstić information content (AvgIpc) is 2.40. The average molecular weight is 243 g/mol. The predicted octanol–water partition coefficient (Wildman–Crippen LogP) is 1.26. The van der Waals surface area contributed by atoms with Gasteiger partial charge in [0.05, 0.1) is 13.1 Å². The minimum atomic E-state index is -0.442. The zero-order valence-corrected chi connectivity index (χ0v) is 9.82. The molecule has 92 valence electrons. The summed E-state index contributed by atoms with van der Waals surface area (Å²) >= 11 is 0. The van der Waals surface area contributed by atoms with Gasteiger partial charge in [0.15, 0.2) is 0 Å². The molecule has 0 fully saturated rings. The third-order valence-corrected chi connectivity index (χ3v) is 2.34. The van der Waals surface area contributed by atoms with Crippen molar-refractivity contribution in [2.24, 2.45) is 15.0 Å². The molecular weight excluding hydrogens is 230 g/mol. The van der Waals surface area contributed by atoms with Gasteiger partial charge in [0.2, 0.25) is 0 Å². The minimum Gasteiger partial charge on any atom is -0.459 e. The Kier molecular flexibility index (Phi) is 4.35. The molecule has 0 radical (unpaired) electrons. The van der Waals surface area contributed by atoms with Crippen molar-refractivity contribution in [3.05, 3.63) is 35.4 Å². The number of fused-ring (bicyclic) bond motifs is 1. The molecule has 0 bridgehead atoms. The van der Waals surface area contributed by atoms with Gasteiger partial charge in [-0.1, -0.05) is 24.3 Å². The fourth-order valence-corrected chi connectivity index (χ4v) is 1.48. The van der Waals surface area contributed by atoms with Crippen LogP contribution in [0, 0.1) is 0 Å². The second-order valence-corrected chi connectivity index (χ2v) is 3.64. The molecule has 0 aromatic heterocycles. The third kappa shape index (κ3) is 3.62. The van der Waals surface area contributed by atoms with Crippen LogP contribution in [0.1, 0.15) is 11.1 Å². The normalized spacial score (nSPS) is 16.1. The van der Waals surface area contributed by atoms with Crippen molar-refractivity contribution in [2.45, 2.75) is 6.54 Å². The summed E-state index contributed by atoms with van der Waals surface area (Å²) in [5.41, 5.74) is 1.96. The highest BCUT2D eigenvalue weighted by molar-refractivity contribution is 6.23. The monoisotopic (exact) mass is 243 g/mol. The Bertz CT molecular complexity index is 507. The number of ether oxygens (including phenoxy) is 1. The summed E-state index contributed by atoms with van der Waals surface area (Å²) in [5.74, 6) is -0.442. The van der Waals surface area contributed by atoms with Gasteiger partial charge in [0, 0.05) is 6.21 Å². The molecule has 0 saturated carbocycles. The maximum absolute atomic E-state index is 11.2. The Balaban J connectivity index is 2.24. The van der Waals surface area contributed by atoms with Crippen LogP contribution in [-0.4, -0.2) is 37.9 Å². The van der Waals surface area contributed by atoms with E-state index in [4.69, 9.17) is 4.74 Å². The third-order valence-electron chi connectivity index (χ3n) is 2.34. The molecule has 0 saturated heterocycles. The highest BCUT2D eigenvalue weighted by atomic mass is 16.5. The van der Waals surface area contributed by atoms with Gasteiger partial charge >= 0.3 is 5.97 Å². The first-order chi connectivity index (χ1) is 8.86. The van der Waals surface area contributed by atoms with E-state index in [9.17, 15) is 4.79 Å². The van der Waals surface area contributed by atoms with Crippen LogP contribution in [0.4, 0.5) is 0 Å². The van der Waals surface area contributed by atoms with Crippen LogP contribution in [-0.2, 0) is 16.1 Å². The Morgan fingerprint density at radius 1 is 1.11 bits per heavy atom. The lowest BCUT2D eigenvalue weighted by molar-refractivity contribution is -0.134. The van der Waals surface area contributed by atoms with E-state index in [-0.39, 0.29) is 6.61 Å². The molecule has 0 N–H and O–H groups in total. The number of esters is 1. The number of carbonyl (C=O) groups is 1. The Hall–Kier alpha value is -2.30. The molecule has 0 unspecified atom stereocenters. The summed E-state index contributed by atoms with van der Waals surface area (Å²) in [7, 11) is 0. The highest BCUT2D eigenvalue weighted by Crippen LogP contribution is 2.07. The number of nitrogens with zero attached hydrogens (tertiary/aromatic N) is 3. The number of benzene rings is 1. The fraction of sp³-hybridized carbons (Fsp3) is 0.231. The van der Waals surface area contributed by atoms with Crippen molar-refractivity contribution in [3.63, 3.8) is 0 Å². The molecule has 1 aromatic carbocycles. The molecule has 0 aliphatic carbocycles. The lowest BCUT2D eigenvalue weighted by Crippen LogP contribution is -2.08. The molecule has 0 atom stereocenters. The van der Waals surface area contributed by atoms with Crippen LogP contribution >= 0.6 is 0 Å². The maximum Gasteiger partial charge on any atom is 0.349 e. The predicted molar refractivity (Wildman–Crippen MR) is 70.6 cm³/mol. The van der Waals surface area contributed by atoms with Gasteiger partial charge in [-0.2, -0.15) is 0 Å². The molecular formula is C13H13N3O2. The van der Waals surface area contributed by atoms with Crippen molar-refractivity contribution in [1.29, 1.82) is 0 Å². The summed E-state index contributed by atoms with van der Waals surface area (Å²) in [6, 6.07) is 7.74. The Labute approximate surface area is 105 Å². The first-order valence-electron chi connectivity index (χ1n) is 5.62. The highest BCUT2D eigenvalue weighted by Gasteiger charge is 2.00. The zero-order valence-electron chi connectivity index (χ0n) is 9.82. The standard InChI is InChI=1S/C13H13N3O2/c17-13-9-15-7-11-3-1-2-4-12(11)8-16-10-14-5-6-18-13/h1-4,8-10H,5-7H2. The molecule has 0 spiro atoms. The van der Waals surface area contributed by atoms with Gasteiger partial charge in [0.1, 0.15) is 19.2 Å². The van der Waals surface area contributed by atoms with E-state index in [1.54, 1.807) is 6.21 Å². The van der Waals surface area contributed by atoms with E-state index < -0.39 is 5.97 Å². The van der Waals surface area contributed by atoms with E-state index in [0.717, 1.165) is 11.1 Å². The molecule has 0 amide bonds. The number of aliphatic imine (C=N–C) groups is 3. The van der Waals surface area contributed by atoms with E-state index in [1.165, 1.54) is 12.6 Å². The summed E-state index contributed by atoms with van der Waals surface area (Å²) in [6.07, 6.45) is 4.40. The van der Waals surface area contributed by atoms with Crippen LogP contribution < -0.4 is 0 Å². The molecule has 5 heteroatoms. The number of carbonyl (C=O) groups excluding carboxylic acids is 1. The van der Waals surface area contributed by atoms with Crippen LogP contribution in [0.5, 0.6) is 0 Å². The van der Waals surface area contributed by atoms with Gasteiger partial charge in [-0.3, -0.25) is 9.98 Å².